The largest absolute Gasteiger partial charge is 0.494 e. The molecule has 25 heavy (non-hydrogen) atoms. The summed E-state index contributed by atoms with van der Waals surface area (Å²) in [5, 5.41) is 11.6. The Morgan fingerprint density at radius 3 is 2.60 bits per heavy atom. The summed E-state index contributed by atoms with van der Waals surface area (Å²) in [6, 6.07) is 12.8. The van der Waals surface area contributed by atoms with Gasteiger partial charge >= 0.3 is 5.97 Å². The van der Waals surface area contributed by atoms with Crippen molar-refractivity contribution in [2.75, 3.05) is 11.9 Å². The van der Waals surface area contributed by atoms with E-state index >= 15 is 0 Å². The molecule has 0 saturated heterocycles. The van der Waals surface area contributed by atoms with Crippen LogP contribution in [0.2, 0.25) is 0 Å². The van der Waals surface area contributed by atoms with Crippen LogP contribution < -0.4 is 10.1 Å². The molecule has 0 bridgehead atoms. The van der Waals surface area contributed by atoms with Crippen LogP contribution in [-0.4, -0.2) is 23.6 Å². The molecule has 0 aromatic heterocycles. The zero-order chi connectivity index (χ0) is 18.2. The summed E-state index contributed by atoms with van der Waals surface area (Å²) < 4.78 is 5.66. The van der Waals surface area contributed by atoms with Crippen molar-refractivity contribution in [3.8, 4) is 5.75 Å². The number of anilines is 1. The smallest absolute Gasteiger partial charge is 0.307 e. The Morgan fingerprint density at radius 2 is 1.88 bits per heavy atom. The molecule has 0 atom stereocenters. The number of carbonyl (C=O) groups excluding carboxylic acids is 1. The van der Waals surface area contributed by atoms with Gasteiger partial charge in [0.05, 0.1) is 13.0 Å². The van der Waals surface area contributed by atoms with Gasteiger partial charge < -0.3 is 15.2 Å². The minimum atomic E-state index is -0.896. The SMILES string of the molecule is Cc1ccc(OCCCC(=O)Nc2cccc(CC(=O)O)c2)cc1C. The van der Waals surface area contributed by atoms with E-state index in [1.54, 1.807) is 24.3 Å². The van der Waals surface area contributed by atoms with Gasteiger partial charge in [-0.2, -0.15) is 0 Å². The lowest BCUT2D eigenvalue weighted by molar-refractivity contribution is -0.136. The molecule has 2 N–H and O–H groups in total. The summed E-state index contributed by atoms with van der Waals surface area (Å²) in [7, 11) is 0. The fourth-order valence-electron chi connectivity index (χ4n) is 2.38. The average Bonchev–Trinajstić information content (AvgIpc) is 2.54. The lowest BCUT2D eigenvalue weighted by atomic mass is 10.1. The first-order valence-corrected chi connectivity index (χ1v) is 8.24. The Kier molecular flexibility index (Phi) is 6.57. The number of aliphatic carboxylic acids is 1. The summed E-state index contributed by atoms with van der Waals surface area (Å²) in [6.45, 7) is 4.55. The monoisotopic (exact) mass is 341 g/mol. The van der Waals surface area contributed by atoms with Crippen molar-refractivity contribution in [1.29, 1.82) is 0 Å². The highest BCUT2D eigenvalue weighted by atomic mass is 16.5. The summed E-state index contributed by atoms with van der Waals surface area (Å²) >= 11 is 0. The molecular weight excluding hydrogens is 318 g/mol. The number of carbonyl (C=O) groups is 2. The first-order chi connectivity index (χ1) is 11.9. The van der Waals surface area contributed by atoms with Crippen LogP contribution in [0.25, 0.3) is 0 Å². The maximum atomic E-state index is 12.0. The molecule has 0 unspecified atom stereocenters. The van der Waals surface area contributed by atoms with Crippen LogP contribution in [-0.2, 0) is 16.0 Å². The van der Waals surface area contributed by atoms with E-state index in [2.05, 4.69) is 12.2 Å². The maximum absolute atomic E-state index is 12.0. The topological polar surface area (TPSA) is 75.6 Å². The molecule has 0 aliphatic carbocycles. The molecule has 0 aliphatic heterocycles. The van der Waals surface area contributed by atoms with Crippen LogP contribution in [0.5, 0.6) is 5.75 Å². The molecule has 2 aromatic rings. The lowest BCUT2D eigenvalue weighted by Crippen LogP contribution is -2.13. The fraction of sp³-hybridized carbons (Fsp3) is 0.300. The third kappa shape index (κ3) is 6.30. The van der Waals surface area contributed by atoms with Gasteiger partial charge in [0, 0.05) is 12.1 Å². The first-order valence-electron chi connectivity index (χ1n) is 8.24. The second kappa shape index (κ2) is 8.87. The number of benzene rings is 2. The van der Waals surface area contributed by atoms with E-state index in [1.165, 1.54) is 11.1 Å². The molecule has 0 saturated carbocycles. The van der Waals surface area contributed by atoms with Crippen LogP contribution in [0.3, 0.4) is 0 Å². The van der Waals surface area contributed by atoms with E-state index < -0.39 is 5.97 Å². The van der Waals surface area contributed by atoms with E-state index in [0.29, 0.717) is 30.7 Å². The van der Waals surface area contributed by atoms with Gasteiger partial charge in [0.1, 0.15) is 5.75 Å². The van der Waals surface area contributed by atoms with Gasteiger partial charge in [-0.25, -0.2) is 0 Å². The number of nitrogens with one attached hydrogen (secondary N) is 1. The molecule has 0 aliphatic rings. The lowest BCUT2D eigenvalue weighted by Gasteiger charge is -2.09. The third-order valence-electron chi connectivity index (χ3n) is 3.86. The zero-order valence-electron chi connectivity index (χ0n) is 14.5. The Morgan fingerprint density at radius 1 is 1.08 bits per heavy atom. The van der Waals surface area contributed by atoms with Crippen molar-refractivity contribution in [2.45, 2.75) is 33.1 Å². The van der Waals surface area contributed by atoms with Gasteiger partial charge in [-0.05, 0) is 61.2 Å². The standard InChI is InChI=1S/C20H23NO4/c1-14-8-9-18(11-15(14)2)25-10-4-7-19(22)21-17-6-3-5-16(12-17)13-20(23)24/h3,5-6,8-9,11-12H,4,7,10,13H2,1-2H3,(H,21,22)(H,23,24). The van der Waals surface area contributed by atoms with E-state index in [9.17, 15) is 9.59 Å². The van der Waals surface area contributed by atoms with Crippen LogP contribution in [0.15, 0.2) is 42.5 Å². The van der Waals surface area contributed by atoms with Gasteiger partial charge in [0.15, 0.2) is 0 Å². The molecular formula is C20H23NO4. The Labute approximate surface area is 147 Å². The van der Waals surface area contributed by atoms with E-state index in [1.807, 2.05) is 25.1 Å². The average molecular weight is 341 g/mol. The van der Waals surface area contributed by atoms with Crippen molar-refractivity contribution in [1.82, 2.24) is 0 Å². The summed E-state index contributed by atoms with van der Waals surface area (Å²) in [4.78, 5) is 22.7. The number of aryl methyl sites for hydroxylation is 2. The summed E-state index contributed by atoms with van der Waals surface area (Å²) in [5.41, 5.74) is 3.66. The Balaban J connectivity index is 1.75. The van der Waals surface area contributed by atoms with E-state index in [-0.39, 0.29) is 12.3 Å². The van der Waals surface area contributed by atoms with E-state index in [4.69, 9.17) is 9.84 Å². The van der Waals surface area contributed by atoms with Gasteiger partial charge in [-0.3, -0.25) is 9.59 Å². The highest BCUT2D eigenvalue weighted by molar-refractivity contribution is 5.90. The predicted octanol–water partition coefficient (Wildman–Crippen LogP) is 3.73. The highest BCUT2D eigenvalue weighted by Gasteiger charge is 2.05. The minimum Gasteiger partial charge on any atom is -0.494 e. The van der Waals surface area contributed by atoms with Crippen LogP contribution in [0, 0.1) is 13.8 Å². The molecule has 5 heteroatoms. The zero-order valence-corrected chi connectivity index (χ0v) is 14.5. The molecule has 0 radical (unpaired) electrons. The molecule has 0 heterocycles. The van der Waals surface area contributed by atoms with Crippen molar-refractivity contribution in [3.63, 3.8) is 0 Å². The highest BCUT2D eigenvalue weighted by Crippen LogP contribution is 2.17. The quantitative estimate of drug-likeness (QED) is 0.717. The second-order valence-electron chi connectivity index (χ2n) is 6.02. The molecule has 2 rings (SSSR count). The van der Waals surface area contributed by atoms with E-state index in [0.717, 1.165) is 5.75 Å². The van der Waals surface area contributed by atoms with Crippen molar-refractivity contribution in [2.24, 2.45) is 0 Å². The minimum absolute atomic E-state index is 0.0620. The first kappa shape index (κ1) is 18.5. The number of amides is 1. The van der Waals surface area contributed by atoms with Gasteiger partial charge in [0.2, 0.25) is 5.91 Å². The molecule has 0 spiro atoms. The molecule has 0 fully saturated rings. The van der Waals surface area contributed by atoms with Crippen molar-refractivity contribution in [3.05, 3.63) is 59.2 Å². The van der Waals surface area contributed by atoms with Crippen LogP contribution >= 0.6 is 0 Å². The van der Waals surface area contributed by atoms with Crippen molar-refractivity contribution >= 4 is 17.6 Å². The number of carboxylic acids is 1. The Hall–Kier alpha value is -2.82. The maximum Gasteiger partial charge on any atom is 0.307 e. The van der Waals surface area contributed by atoms with Gasteiger partial charge in [-0.15, -0.1) is 0 Å². The predicted molar refractivity (Wildman–Crippen MR) is 97.1 cm³/mol. The fourth-order valence-corrected chi connectivity index (χ4v) is 2.38. The summed E-state index contributed by atoms with van der Waals surface area (Å²) in [6.07, 6.45) is 0.884. The Bertz CT molecular complexity index is 755. The van der Waals surface area contributed by atoms with Gasteiger partial charge in [-0.1, -0.05) is 18.2 Å². The number of carboxylic acid groups (broad SMARTS) is 1. The molecule has 1 amide bonds. The number of rotatable bonds is 8. The van der Waals surface area contributed by atoms with Crippen LogP contribution in [0.4, 0.5) is 5.69 Å². The molecule has 132 valence electrons. The molecule has 5 nitrogen and oxygen atoms in total. The second-order valence-corrected chi connectivity index (χ2v) is 6.02. The van der Waals surface area contributed by atoms with Gasteiger partial charge in [0.25, 0.3) is 0 Å². The van der Waals surface area contributed by atoms with Crippen LogP contribution in [0.1, 0.15) is 29.5 Å². The number of hydrogen-bond donors (Lipinski definition) is 2. The normalized spacial score (nSPS) is 10.3. The number of hydrogen-bond acceptors (Lipinski definition) is 3. The molecule has 2 aromatic carbocycles. The van der Waals surface area contributed by atoms with Crippen molar-refractivity contribution < 1.29 is 19.4 Å². The third-order valence-corrected chi connectivity index (χ3v) is 3.86. The number of ether oxygens (including phenoxy) is 1. The summed E-state index contributed by atoms with van der Waals surface area (Å²) in [5.74, 6) is -0.201.